The minimum Gasteiger partial charge on any atom is -0.381 e. The van der Waals surface area contributed by atoms with Crippen molar-refractivity contribution in [3.63, 3.8) is 0 Å². The number of ether oxygens (including phenoxy) is 1. The summed E-state index contributed by atoms with van der Waals surface area (Å²) in [5.41, 5.74) is -0.232. The Bertz CT molecular complexity index is 373. The smallest absolute Gasteiger partial charge is 0.244 e. The second-order valence-electron chi connectivity index (χ2n) is 7.49. The number of carbonyl (C=O) groups excluding carboxylic acids is 1. The van der Waals surface area contributed by atoms with Gasteiger partial charge in [0.1, 0.15) is 0 Å². The second-order valence-corrected chi connectivity index (χ2v) is 7.49. The lowest BCUT2D eigenvalue weighted by Gasteiger charge is -2.27. The summed E-state index contributed by atoms with van der Waals surface area (Å²) in [4.78, 5) is 14.9. The van der Waals surface area contributed by atoms with Crippen molar-refractivity contribution in [3.8, 4) is 0 Å². The summed E-state index contributed by atoms with van der Waals surface area (Å²) in [6, 6.07) is 0. The van der Waals surface area contributed by atoms with Gasteiger partial charge in [-0.25, -0.2) is 0 Å². The van der Waals surface area contributed by atoms with Crippen LogP contribution in [-0.4, -0.2) is 42.3 Å². The molecule has 1 heterocycles. The van der Waals surface area contributed by atoms with E-state index in [0.717, 1.165) is 44.9 Å². The maximum Gasteiger partial charge on any atom is 0.244 e. The van der Waals surface area contributed by atoms with Crippen LogP contribution in [0, 0.1) is 11.8 Å². The SMILES string of the molecule is CC(C)C1NC2(CCCC2)C(=O)N1CCCOCC1CC1. The maximum atomic E-state index is 12.8. The first kappa shape index (κ1) is 15.3. The van der Waals surface area contributed by atoms with E-state index in [-0.39, 0.29) is 11.7 Å². The summed E-state index contributed by atoms with van der Waals surface area (Å²) in [5.74, 6) is 1.63. The molecule has 4 nitrogen and oxygen atoms in total. The Morgan fingerprint density at radius 3 is 2.67 bits per heavy atom. The molecule has 4 heteroatoms. The lowest BCUT2D eigenvalue weighted by Crippen LogP contribution is -2.45. The van der Waals surface area contributed by atoms with Gasteiger partial charge in [0, 0.05) is 19.8 Å². The molecule has 3 aliphatic rings. The maximum absolute atomic E-state index is 12.8. The number of nitrogens with zero attached hydrogens (tertiary/aromatic N) is 1. The number of nitrogens with one attached hydrogen (secondary N) is 1. The molecule has 0 aromatic rings. The summed E-state index contributed by atoms with van der Waals surface area (Å²) in [7, 11) is 0. The normalized spacial score (nSPS) is 28.2. The average Bonchev–Trinajstić information content (AvgIpc) is 3.09. The average molecular weight is 294 g/mol. The summed E-state index contributed by atoms with van der Waals surface area (Å²) >= 11 is 0. The van der Waals surface area contributed by atoms with Crippen LogP contribution in [0.1, 0.15) is 58.8 Å². The van der Waals surface area contributed by atoms with E-state index in [2.05, 4.69) is 24.1 Å². The highest BCUT2D eigenvalue weighted by molar-refractivity contribution is 5.89. The molecule has 0 bridgehead atoms. The predicted octanol–water partition coefficient (Wildman–Crippen LogP) is 2.53. The van der Waals surface area contributed by atoms with Crippen LogP contribution in [-0.2, 0) is 9.53 Å². The van der Waals surface area contributed by atoms with Crippen molar-refractivity contribution in [1.29, 1.82) is 0 Å². The molecule has 2 saturated carbocycles. The third kappa shape index (κ3) is 3.26. The first-order chi connectivity index (χ1) is 10.1. The minimum atomic E-state index is -0.232. The molecule has 0 aromatic heterocycles. The fourth-order valence-electron chi connectivity index (χ4n) is 3.80. The van der Waals surface area contributed by atoms with E-state index in [9.17, 15) is 4.79 Å². The van der Waals surface area contributed by atoms with Gasteiger partial charge in [0.2, 0.25) is 5.91 Å². The number of rotatable bonds is 7. The molecule has 120 valence electrons. The van der Waals surface area contributed by atoms with Gasteiger partial charge in [-0.3, -0.25) is 10.1 Å². The Morgan fingerprint density at radius 1 is 1.33 bits per heavy atom. The molecule has 1 spiro atoms. The number of hydrogen-bond donors (Lipinski definition) is 1. The highest BCUT2D eigenvalue weighted by Crippen LogP contribution is 2.37. The van der Waals surface area contributed by atoms with E-state index in [4.69, 9.17) is 4.74 Å². The lowest BCUT2D eigenvalue weighted by molar-refractivity contribution is -0.133. The summed E-state index contributed by atoms with van der Waals surface area (Å²) in [6.07, 6.45) is 8.24. The van der Waals surface area contributed by atoms with Crippen LogP contribution < -0.4 is 5.32 Å². The minimum absolute atomic E-state index is 0.207. The van der Waals surface area contributed by atoms with Crippen LogP contribution in [0.2, 0.25) is 0 Å². The molecule has 1 atom stereocenters. The quantitative estimate of drug-likeness (QED) is 0.734. The molecule has 0 radical (unpaired) electrons. The van der Waals surface area contributed by atoms with Crippen LogP contribution in [0.15, 0.2) is 0 Å². The van der Waals surface area contributed by atoms with Gasteiger partial charge >= 0.3 is 0 Å². The molecular weight excluding hydrogens is 264 g/mol. The highest BCUT2D eigenvalue weighted by Gasteiger charge is 2.52. The van der Waals surface area contributed by atoms with Crippen LogP contribution >= 0.6 is 0 Å². The molecule has 2 aliphatic carbocycles. The second kappa shape index (κ2) is 6.25. The largest absolute Gasteiger partial charge is 0.381 e. The van der Waals surface area contributed by atoms with Gasteiger partial charge in [0.25, 0.3) is 0 Å². The van der Waals surface area contributed by atoms with E-state index >= 15 is 0 Å². The van der Waals surface area contributed by atoms with E-state index < -0.39 is 0 Å². The Balaban J connectivity index is 1.51. The summed E-state index contributed by atoms with van der Waals surface area (Å²) < 4.78 is 5.71. The van der Waals surface area contributed by atoms with Crippen molar-refractivity contribution in [2.45, 2.75) is 70.5 Å². The van der Waals surface area contributed by atoms with Gasteiger partial charge in [0.05, 0.1) is 11.7 Å². The molecule has 3 fully saturated rings. The van der Waals surface area contributed by atoms with E-state index in [1.165, 1.54) is 25.7 Å². The molecular formula is C17H30N2O2. The predicted molar refractivity (Wildman–Crippen MR) is 82.8 cm³/mol. The first-order valence-electron chi connectivity index (χ1n) is 8.79. The van der Waals surface area contributed by atoms with Crippen molar-refractivity contribution in [1.82, 2.24) is 10.2 Å². The molecule has 3 rings (SSSR count). The van der Waals surface area contributed by atoms with Gasteiger partial charge in [-0.2, -0.15) is 0 Å². The van der Waals surface area contributed by atoms with Crippen molar-refractivity contribution < 1.29 is 9.53 Å². The fraction of sp³-hybridized carbons (Fsp3) is 0.941. The van der Waals surface area contributed by atoms with Crippen molar-refractivity contribution in [3.05, 3.63) is 0 Å². The number of amides is 1. The van der Waals surface area contributed by atoms with Crippen LogP contribution in [0.3, 0.4) is 0 Å². The summed E-state index contributed by atoms with van der Waals surface area (Å²) in [6.45, 7) is 6.95. The molecule has 1 saturated heterocycles. The van der Waals surface area contributed by atoms with Gasteiger partial charge < -0.3 is 9.64 Å². The molecule has 1 N–H and O–H groups in total. The lowest BCUT2D eigenvalue weighted by atomic mass is 9.98. The van der Waals surface area contributed by atoms with Gasteiger partial charge in [-0.1, -0.05) is 26.7 Å². The van der Waals surface area contributed by atoms with Gasteiger partial charge in [-0.15, -0.1) is 0 Å². The fourth-order valence-corrected chi connectivity index (χ4v) is 3.80. The highest BCUT2D eigenvalue weighted by atomic mass is 16.5. The monoisotopic (exact) mass is 294 g/mol. The Kier molecular flexibility index (Phi) is 4.55. The molecule has 1 aliphatic heterocycles. The van der Waals surface area contributed by atoms with E-state index in [0.29, 0.717) is 11.8 Å². The third-order valence-corrected chi connectivity index (χ3v) is 5.26. The zero-order chi connectivity index (χ0) is 14.9. The standard InChI is InChI=1S/C17H30N2O2/c1-13(2)15-18-17(8-3-4-9-17)16(20)19(15)10-5-11-21-12-14-6-7-14/h13-15,18H,3-12H2,1-2H3. The van der Waals surface area contributed by atoms with Crippen molar-refractivity contribution >= 4 is 5.91 Å². The van der Waals surface area contributed by atoms with Crippen molar-refractivity contribution in [2.24, 2.45) is 11.8 Å². The third-order valence-electron chi connectivity index (χ3n) is 5.26. The van der Waals surface area contributed by atoms with Gasteiger partial charge in [0.15, 0.2) is 0 Å². The number of carbonyl (C=O) groups is 1. The first-order valence-corrected chi connectivity index (χ1v) is 8.79. The number of hydrogen-bond acceptors (Lipinski definition) is 3. The topological polar surface area (TPSA) is 41.6 Å². The molecule has 1 amide bonds. The molecule has 0 aromatic carbocycles. The van der Waals surface area contributed by atoms with E-state index in [1.54, 1.807) is 0 Å². The van der Waals surface area contributed by atoms with Crippen LogP contribution in [0.25, 0.3) is 0 Å². The van der Waals surface area contributed by atoms with Gasteiger partial charge in [-0.05, 0) is 43.9 Å². The zero-order valence-corrected chi connectivity index (χ0v) is 13.6. The molecule has 21 heavy (non-hydrogen) atoms. The van der Waals surface area contributed by atoms with Crippen LogP contribution in [0.4, 0.5) is 0 Å². The molecule has 1 unspecified atom stereocenters. The Hall–Kier alpha value is -0.610. The van der Waals surface area contributed by atoms with Crippen LogP contribution in [0.5, 0.6) is 0 Å². The Labute approximate surface area is 128 Å². The zero-order valence-electron chi connectivity index (χ0n) is 13.6. The van der Waals surface area contributed by atoms with Crippen molar-refractivity contribution in [2.75, 3.05) is 19.8 Å². The summed E-state index contributed by atoms with van der Waals surface area (Å²) in [5, 5.41) is 3.67. The van der Waals surface area contributed by atoms with E-state index in [1.807, 2.05) is 0 Å². The Morgan fingerprint density at radius 2 is 2.05 bits per heavy atom.